The fourth-order valence-electron chi connectivity index (χ4n) is 2.10. The van der Waals surface area contributed by atoms with Crippen LogP contribution in [-0.4, -0.2) is 47.5 Å². The molecule has 0 aliphatic carbocycles. The number of hydrogen-bond donors (Lipinski definition) is 2. The van der Waals surface area contributed by atoms with Gasteiger partial charge in [0.1, 0.15) is 0 Å². The highest BCUT2D eigenvalue weighted by atomic mass is 32.2. The molecule has 30 heavy (non-hydrogen) atoms. The van der Waals surface area contributed by atoms with E-state index in [1.54, 1.807) is 0 Å². The molecule has 0 aliphatic rings. The first-order valence-electron chi connectivity index (χ1n) is 7.85. The topological polar surface area (TPSA) is 129 Å². The summed E-state index contributed by atoms with van der Waals surface area (Å²) in [5.41, 5.74) is -2.12. The van der Waals surface area contributed by atoms with E-state index in [0.29, 0.717) is 6.07 Å². The third-order valence-corrected chi connectivity index (χ3v) is 4.48. The summed E-state index contributed by atoms with van der Waals surface area (Å²) in [4.78, 5) is 30.8. The third-order valence-electron chi connectivity index (χ3n) is 3.42. The molecule has 2 aromatic rings. The van der Waals surface area contributed by atoms with Gasteiger partial charge in [-0.05, 0) is 18.2 Å². The smallest absolute Gasteiger partial charge is 0.417 e. The van der Waals surface area contributed by atoms with Gasteiger partial charge in [-0.1, -0.05) is 0 Å². The number of nitrogens with one attached hydrogen (secondary N) is 2. The SMILES string of the molecule is COC(=O)c1ccc(S(=O)NC(=O)Nc2nc(OC)cc(OC)n2)cc1C(F)(F)F. The molecular formula is C16H15F3N4O6S. The van der Waals surface area contributed by atoms with Crippen molar-refractivity contribution in [3.8, 4) is 11.8 Å². The maximum atomic E-state index is 13.2. The zero-order valence-electron chi connectivity index (χ0n) is 15.7. The molecule has 1 aromatic carbocycles. The number of carbonyl (C=O) groups is 2. The average Bonchev–Trinajstić information content (AvgIpc) is 2.71. The maximum Gasteiger partial charge on any atom is 0.417 e. The average molecular weight is 448 g/mol. The predicted molar refractivity (Wildman–Crippen MR) is 96.5 cm³/mol. The van der Waals surface area contributed by atoms with Crippen LogP contribution in [-0.2, 0) is 21.9 Å². The zero-order valence-corrected chi connectivity index (χ0v) is 16.5. The molecule has 0 saturated carbocycles. The summed E-state index contributed by atoms with van der Waals surface area (Å²) in [7, 11) is 1.16. The van der Waals surface area contributed by atoms with Crippen LogP contribution in [0.4, 0.5) is 23.9 Å². The van der Waals surface area contributed by atoms with Crippen molar-refractivity contribution < 1.29 is 41.2 Å². The van der Waals surface area contributed by atoms with Crippen molar-refractivity contribution in [2.45, 2.75) is 11.1 Å². The number of esters is 1. The number of aromatic nitrogens is 2. The van der Waals surface area contributed by atoms with Gasteiger partial charge in [-0.15, -0.1) is 0 Å². The van der Waals surface area contributed by atoms with Crippen LogP contribution < -0.4 is 19.5 Å². The Morgan fingerprint density at radius 2 is 1.63 bits per heavy atom. The second-order valence-electron chi connectivity index (χ2n) is 5.30. The molecule has 1 heterocycles. The van der Waals surface area contributed by atoms with Crippen LogP contribution in [0, 0.1) is 0 Å². The van der Waals surface area contributed by atoms with Crippen LogP contribution in [0.5, 0.6) is 11.8 Å². The second-order valence-corrected chi connectivity index (χ2v) is 6.51. The molecule has 10 nitrogen and oxygen atoms in total. The van der Waals surface area contributed by atoms with Crippen molar-refractivity contribution in [1.82, 2.24) is 14.7 Å². The van der Waals surface area contributed by atoms with E-state index in [1.807, 2.05) is 4.72 Å². The highest BCUT2D eigenvalue weighted by Gasteiger charge is 2.36. The highest BCUT2D eigenvalue weighted by molar-refractivity contribution is 7.83. The van der Waals surface area contributed by atoms with Gasteiger partial charge in [0.15, 0.2) is 11.0 Å². The van der Waals surface area contributed by atoms with Gasteiger partial charge in [-0.3, -0.25) is 10.0 Å². The van der Waals surface area contributed by atoms with E-state index in [-0.39, 0.29) is 17.7 Å². The minimum Gasteiger partial charge on any atom is -0.481 e. The van der Waals surface area contributed by atoms with Crippen molar-refractivity contribution >= 4 is 28.9 Å². The Bertz CT molecular complexity index is 964. The van der Waals surface area contributed by atoms with Crippen molar-refractivity contribution in [2.24, 2.45) is 0 Å². The minimum atomic E-state index is -4.92. The van der Waals surface area contributed by atoms with Gasteiger partial charge >= 0.3 is 18.2 Å². The van der Waals surface area contributed by atoms with Crippen molar-refractivity contribution in [2.75, 3.05) is 26.6 Å². The number of hydrogen-bond acceptors (Lipinski definition) is 8. The number of urea groups is 1. The molecule has 0 fully saturated rings. The summed E-state index contributed by atoms with van der Waals surface area (Å²) >= 11 is 0. The lowest BCUT2D eigenvalue weighted by Gasteiger charge is -2.13. The minimum absolute atomic E-state index is 0.0616. The van der Waals surface area contributed by atoms with E-state index in [9.17, 15) is 27.0 Å². The van der Waals surface area contributed by atoms with Crippen LogP contribution in [0.25, 0.3) is 0 Å². The van der Waals surface area contributed by atoms with E-state index >= 15 is 0 Å². The molecule has 2 amide bonds. The Morgan fingerprint density at radius 3 is 2.13 bits per heavy atom. The Morgan fingerprint density at radius 1 is 1.03 bits per heavy atom. The van der Waals surface area contributed by atoms with Gasteiger partial charge in [0.05, 0.1) is 43.4 Å². The lowest BCUT2D eigenvalue weighted by Crippen LogP contribution is -2.31. The van der Waals surface area contributed by atoms with E-state index in [1.165, 1.54) is 20.3 Å². The molecule has 2 rings (SSSR count). The third kappa shape index (κ3) is 5.56. The summed E-state index contributed by atoms with van der Waals surface area (Å²) in [5, 5.41) is 2.15. The van der Waals surface area contributed by atoms with Crippen molar-refractivity contribution in [3.05, 3.63) is 35.4 Å². The zero-order chi connectivity index (χ0) is 22.5. The fourth-order valence-corrected chi connectivity index (χ4v) is 2.85. The summed E-state index contributed by atoms with van der Waals surface area (Å²) in [6, 6.07) is 2.53. The van der Waals surface area contributed by atoms with Crippen molar-refractivity contribution in [1.29, 1.82) is 0 Å². The monoisotopic (exact) mass is 448 g/mol. The number of benzene rings is 1. The standard InChI is InChI=1S/C16H15F3N4O6S/c1-27-11-7-12(28-2)21-14(20-11)22-15(25)23-30(26)8-4-5-9(13(24)29-3)10(6-8)16(17,18)19/h4-7H,1-3H3,(H2,20,21,22,23,25). The van der Waals surface area contributed by atoms with Crippen LogP contribution >= 0.6 is 0 Å². The summed E-state index contributed by atoms with van der Waals surface area (Å²) < 4.78 is 68.1. The Labute approximate surface area is 170 Å². The molecule has 1 atom stereocenters. The number of anilines is 1. The largest absolute Gasteiger partial charge is 0.481 e. The number of methoxy groups -OCH3 is 3. The number of amides is 2. The second kappa shape index (κ2) is 9.39. The molecule has 0 aliphatic heterocycles. The van der Waals surface area contributed by atoms with E-state index < -0.39 is 45.2 Å². The first-order valence-corrected chi connectivity index (χ1v) is 9.00. The molecule has 0 saturated heterocycles. The molecule has 0 spiro atoms. The summed E-state index contributed by atoms with van der Waals surface area (Å²) in [6.07, 6.45) is -4.92. The number of carbonyl (C=O) groups excluding carboxylic acids is 2. The lowest BCUT2D eigenvalue weighted by molar-refractivity contribution is -0.138. The van der Waals surface area contributed by atoms with Gasteiger partial charge in [0, 0.05) is 0 Å². The number of alkyl halides is 3. The van der Waals surface area contributed by atoms with Crippen LogP contribution in [0.2, 0.25) is 0 Å². The molecule has 0 bridgehead atoms. The molecular weight excluding hydrogens is 433 g/mol. The Hall–Kier alpha value is -3.42. The quantitative estimate of drug-likeness (QED) is 0.644. The number of halogens is 3. The molecule has 2 N–H and O–H groups in total. The van der Waals surface area contributed by atoms with Gasteiger partial charge in [0.25, 0.3) is 0 Å². The van der Waals surface area contributed by atoms with Crippen LogP contribution in [0.1, 0.15) is 15.9 Å². The van der Waals surface area contributed by atoms with Gasteiger partial charge in [0.2, 0.25) is 17.7 Å². The van der Waals surface area contributed by atoms with E-state index in [2.05, 4.69) is 20.0 Å². The molecule has 1 unspecified atom stereocenters. The van der Waals surface area contributed by atoms with Crippen LogP contribution in [0.15, 0.2) is 29.2 Å². The number of nitrogens with zero attached hydrogens (tertiary/aromatic N) is 2. The first kappa shape index (κ1) is 22.9. The molecule has 0 radical (unpaired) electrons. The highest BCUT2D eigenvalue weighted by Crippen LogP contribution is 2.33. The van der Waals surface area contributed by atoms with Gasteiger partial charge in [-0.25, -0.2) is 13.8 Å². The first-order chi connectivity index (χ1) is 14.1. The fraction of sp³-hybridized carbons (Fsp3) is 0.250. The molecule has 14 heteroatoms. The number of ether oxygens (including phenoxy) is 3. The predicted octanol–water partition coefficient (Wildman–Crippen LogP) is 2.14. The van der Waals surface area contributed by atoms with E-state index in [4.69, 9.17) is 9.47 Å². The van der Waals surface area contributed by atoms with E-state index in [0.717, 1.165) is 19.2 Å². The van der Waals surface area contributed by atoms with Crippen LogP contribution in [0.3, 0.4) is 0 Å². The Balaban J connectivity index is 2.21. The summed E-state index contributed by atoms with van der Waals surface area (Å²) in [6.45, 7) is 0. The maximum absolute atomic E-state index is 13.2. The van der Waals surface area contributed by atoms with Gasteiger partial charge < -0.3 is 14.2 Å². The lowest BCUT2D eigenvalue weighted by atomic mass is 10.1. The number of rotatable bonds is 6. The Kier molecular flexibility index (Phi) is 7.15. The normalized spacial score (nSPS) is 11.9. The molecule has 162 valence electrons. The van der Waals surface area contributed by atoms with Gasteiger partial charge in [-0.2, -0.15) is 23.1 Å². The molecule has 1 aromatic heterocycles. The van der Waals surface area contributed by atoms with Crippen molar-refractivity contribution in [3.63, 3.8) is 0 Å². The summed E-state index contributed by atoms with van der Waals surface area (Å²) in [5.74, 6) is -1.36.